The van der Waals surface area contributed by atoms with Crippen LogP contribution in [-0.4, -0.2) is 27.8 Å². The van der Waals surface area contributed by atoms with Crippen LogP contribution in [0.1, 0.15) is 15.2 Å². The first-order valence-corrected chi connectivity index (χ1v) is 8.66. The lowest BCUT2D eigenvalue weighted by Gasteiger charge is -2.24. The molecular formula is C17H13ClN4O2S. The zero-order valence-electron chi connectivity index (χ0n) is 13.2. The molecule has 126 valence electrons. The molecule has 0 bridgehead atoms. The normalized spacial score (nSPS) is 13.4. The van der Waals surface area contributed by atoms with Crippen LogP contribution in [0.5, 0.6) is 0 Å². The number of thiazole rings is 1. The Hall–Kier alpha value is -2.64. The van der Waals surface area contributed by atoms with Gasteiger partial charge in [-0.2, -0.15) is 5.10 Å². The van der Waals surface area contributed by atoms with Crippen LogP contribution in [0, 0.1) is 0 Å². The van der Waals surface area contributed by atoms with Crippen LogP contribution >= 0.6 is 23.1 Å². The monoisotopic (exact) mass is 372 g/mol. The van der Waals surface area contributed by atoms with Crippen LogP contribution in [0.3, 0.4) is 0 Å². The number of ether oxygens (including phenoxy) is 1. The minimum absolute atomic E-state index is 0.403. The van der Waals surface area contributed by atoms with Gasteiger partial charge in [-0.3, -0.25) is 0 Å². The first-order valence-electron chi connectivity index (χ1n) is 7.51. The van der Waals surface area contributed by atoms with Crippen LogP contribution in [0.25, 0.3) is 16.4 Å². The van der Waals surface area contributed by atoms with Gasteiger partial charge in [0.05, 0.1) is 25.5 Å². The van der Waals surface area contributed by atoms with Gasteiger partial charge in [-0.1, -0.05) is 30.3 Å². The van der Waals surface area contributed by atoms with E-state index < -0.39 is 5.97 Å². The van der Waals surface area contributed by atoms with Crippen molar-refractivity contribution in [2.24, 2.45) is 0 Å². The van der Waals surface area contributed by atoms with E-state index in [4.69, 9.17) is 16.5 Å². The van der Waals surface area contributed by atoms with E-state index in [0.29, 0.717) is 22.1 Å². The van der Waals surface area contributed by atoms with Crippen molar-refractivity contribution in [2.45, 2.75) is 6.54 Å². The van der Waals surface area contributed by atoms with Crippen molar-refractivity contribution in [2.75, 3.05) is 11.5 Å². The van der Waals surface area contributed by atoms with E-state index in [9.17, 15) is 4.79 Å². The number of halogens is 1. The number of nitrogens with zero attached hydrogens (tertiary/aromatic N) is 4. The molecule has 1 aliphatic heterocycles. The average Bonchev–Trinajstić information content (AvgIpc) is 3.29. The van der Waals surface area contributed by atoms with Gasteiger partial charge in [0.25, 0.3) is 0 Å². The molecule has 1 aromatic carbocycles. The highest BCUT2D eigenvalue weighted by Gasteiger charge is 2.23. The number of aromatic nitrogens is 3. The number of rotatable bonds is 3. The molecule has 2 aromatic heterocycles. The molecule has 0 aliphatic carbocycles. The first-order chi connectivity index (χ1) is 12.2. The zero-order valence-corrected chi connectivity index (χ0v) is 14.8. The molecule has 0 saturated carbocycles. The molecule has 0 radical (unpaired) electrons. The Balaban J connectivity index is 1.65. The van der Waals surface area contributed by atoms with Gasteiger partial charge in [-0.05, 0) is 11.6 Å². The van der Waals surface area contributed by atoms with Crippen LogP contribution in [0.4, 0.5) is 5.82 Å². The first kappa shape index (κ1) is 15.9. The molecule has 3 heterocycles. The van der Waals surface area contributed by atoms with Crippen LogP contribution in [0.15, 0.2) is 48.7 Å². The minimum Gasteiger partial charge on any atom is -0.465 e. The maximum Gasteiger partial charge on any atom is 0.349 e. The Kier molecular flexibility index (Phi) is 4.03. The third-order valence-electron chi connectivity index (χ3n) is 3.81. The maximum atomic E-state index is 11.6. The van der Waals surface area contributed by atoms with Crippen molar-refractivity contribution in [3.8, 4) is 10.7 Å². The summed E-state index contributed by atoms with van der Waals surface area (Å²) in [6.45, 7) is 0.609. The second-order valence-electron chi connectivity index (χ2n) is 5.33. The quantitative estimate of drug-likeness (QED) is 0.517. The van der Waals surface area contributed by atoms with E-state index in [1.807, 2.05) is 42.5 Å². The summed E-state index contributed by atoms with van der Waals surface area (Å²) >= 11 is 7.78. The zero-order chi connectivity index (χ0) is 17.4. The molecule has 6 nitrogen and oxygen atoms in total. The predicted octanol–water partition coefficient (Wildman–Crippen LogP) is 3.81. The van der Waals surface area contributed by atoms with Crippen LogP contribution in [0.2, 0.25) is 0 Å². The fraction of sp³-hybridized carbons (Fsp3) is 0.118. The Morgan fingerprint density at radius 1 is 1.32 bits per heavy atom. The molecule has 0 N–H and O–H groups in total. The van der Waals surface area contributed by atoms with Crippen LogP contribution < -0.4 is 4.42 Å². The second kappa shape index (κ2) is 6.34. The summed E-state index contributed by atoms with van der Waals surface area (Å²) in [5.41, 5.74) is 2.62. The molecule has 3 aromatic rings. The smallest absolute Gasteiger partial charge is 0.349 e. The van der Waals surface area contributed by atoms with Crippen molar-refractivity contribution in [3.05, 3.63) is 59.1 Å². The molecule has 0 fully saturated rings. The molecular weight excluding hydrogens is 360 g/mol. The van der Waals surface area contributed by atoms with Crippen LogP contribution in [-0.2, 0) is 11.3 Å². The summed E-state index contributed by atoms with van der Waals surface area (Å²) in [6.07, 6.45) is 3.52. The number of carbonyl (C=O) groups excluding carboxylic acids is 1. The minimum atomic E-state index is -0.403. The summed E-state index contributed by atoms with van der Waals surface area (Å²) in [5, 5.41) is 5.19. The van der Waals surface area contributed by atoms with Gasteiger partial charge in [-0.25, -0.2) is 18.9 Å². The number of benzene rings is 1. The fourth-order valence-electron chi connectivity index (χ4n) is 2.61. The summed E-state index contributed by atoms with van der Waals surface area (Å²) in [4.78, 5) is 16.3. The van der Waals surface area contributed by atoms with Crippen molar-refractivity contribution in [1.82, 2.24) is 14.8 Å². The molecule has 0 saturated heterocycles. The molecule has 25 heavy (non-hydrogen) atoms. The van der Waals surface area contributed by atoms with Gasteiger partial charge in [0.2, 0.25) is 0 Å². The molecule has 0 amide bonds. The number of carbonyl (C=O) groups is 1. The standard InChI is InChI=1S/C17H13ClN4O2S/c1-24-17(23)14-10-19-16(25-14)12-9-15-21(20-12)8-7-13(22(15)18)11-5-3-2-4-6-11/h2-7,9-10H,8H2,1H3. The summed E-state index contributed by atoms with van der Waals surface area (Å²) in [5.74, 6) is 0.354. The lowest BCUT2D eigenvalue weighted by molar-refractivity contribution is 0.0606. The van der Waals surface area contributed by atoms with E-state index in [-0.39, 0.29) is 0 Å². The van der Waals surface area contributed by atoms with Gasteiger partial charge in [-0.15, -0.1) is 11.3 Å². The van der Waals surface area contributed by atoms with Gasteiger partial charge < -0.3 is 4.74 Å². The highest BCUT2D eigenvalue weighted by atomic mass is 35.5. The SMILES string of the molecule is COC(=O)c1cnc(-c2cc3n(n2)CC=C(c2ccccc2)N3Cl)s1. The number of methoxy groups -OCH3 is 1. The number of hydrogen-bond acceptors (Lipinski definition) is 6. The van der Waals surface area contributed by atoms with E-state index in [1.165, 1.54) is 24.6 Å². The highest BCUT2D eigenvalue weighted by molar-refractivity contribution is 7.16. The fourth-order valence-corrected chi connectivity index (χ4v) is 3.70. The average molecular weight is 373 g/mol. The topological polar surface area (TPSA) is 60.2 Å². The summed E-state index contributed by atoms with van der Waals surface area (Å²) < 4.78 is 8.10. The third-order valence-corrected chi connectivity index (χ3v) is 5.17. The largest absolute Gasteiger partial charge is 0.465 e. The number of anilines is 1. The predicted molar refractivity (Wildman–Crippen MR) is 97.4 cm³/mol. The van der Waals surface area contributed by atoms with E-state index in [2.05, 4.69) is 10.1 Å². The summed E-state index contributed by atoms with van der Waals surface area (Å²) in [6, 6.07) is 11.8. The van der Waals surface area contributed by atoms with E-state index >= 15 is 0 Å². The Bertz CT molecular complexity index is 964. The molecule has 0 atom stereocenters. The molecule has 8 heteroatoms. The lowest BCUT2D eigenvalue weighted by atomic mass is 10.1. The van der Waals surface area contributed by atoms with Gasteiger partial charge in [0, 0.05) is 17.8 Å². The molecule has 1 aliphatic rings. The van der Waals surface area contributed by atoms with Gasteiger partial charge in [0.1, 0.15) is 21.4 Å². The van der Waals surface area contributed by atoms with Crippen molar-refractivity contribution in [1.29, 1.82) is 0 Å². The van der Waals surface area contributed by atoms with Gasteiger partial charge >= 0.3 is 5.97 Å². The molecule has 0 spiro atoms. The van der Waals surface area contributed by atoms with E-state index in [1.54, 1.807) is 9.10 Å². The third kappa shape index (κ3) is 2.81. The molecule has 0 unspecified atom stereocenters. The van der Waals surface area contributed by atoms with Crippen molar-refractivity contribution >= 4 is 40.6 Å². The highest BCUT2D eigenvalue weighted by Crippen LogP contribution is 2.35. The van der Waals surface area contributed by atoms with Crippen molar-refractivity contribution in [3.63, 3.8) is 0 Å². The van der Waals surface area contributed by atoms with Gasteiger partial charge in [0.15, 0.2) is 0 Å². The lowest BCUT2D eigenvalue weighted by Crippen LogP contribution is -2.19. The number of fused-ring (bicyclic) bond motifs is 1. The number of hydrogen-bond donors (Lipinski definition) is 0. The maximum absolute atomic E-state index is 11.6. The Labute approximate surface area is 153 Å². The Morgan fingerprint density at radius 3 is 2.88 bits per heavy atom. The van der Waals surface area contributed by atoms with Crippen molar-refractivity contribution < 1.29 is 9.53 Å². The number of esters is 1. The second-order valence-corrected chi connectivity index (χ2v) is 6.70. The van der Waals surface area contributed by atoms with E-state index in [0.717, 1.165) is 17.1 Å². The summed E-state index contributed by atoms with van der Waals surface area (Å²) in [7, 11) is 1.35. The molecule has 4 rings (SSSR count). The Morgan fingerprint density at radius 2 is 2.12 bits per heavy atom. The number of allylic oxidation sites excluding steroid dienone is 1.